The molecule has 0 aliphatic carbocycles. The monoisotopic (exact) mass is 420 g/mol. The van der Waals surface area contributed by atoms with Crippen LogP contribution in [-0.4, -0.2) is 29.2 Å². The summed E-state index contributed by atoms with van der Waals surface area (Å²) in [4.78, 5) is 7.17. The normalized spacial score (nSPS) is 11.4. The number of anilines is 1. The van der Waals surface area contributed by atoms with Gasteiger partial charge < -0.3 is 0 Å². The summed E-state index contributed by atoms with van der Waals surface area (Å²) < 4.78 is 0. The summed E-state index contributed by atoms with van der Waals surface area (Å²) in [5, 5.41) is 7.20. The first-order valence-corrected chi connectivity index (χ1v) is 11.8. The maximum absolute atomic E-state index is 4.60. The second kappa shape index (κ2) is 12.3. The van der Waals surface area contributed by atoms with Crippen molar-refractivity contribution in [1.82, 2.24) is 9.88 Å². The Labute approximate surface area is 184 Å². The molecular weight excluding hydrogens is 388 g/mol. The molecule has 0 saturated carbocycles. The zero-order valence-corrected chi connectivity index (χ0v) is 18.9. The van der Waals surface area contributed by atoms with E-state index >= 15 is 0 Å². The van der Waals surface area contributed by atoms with Crippen molar-refractivity contribution in [3.63, 3.8) is 0 Å². The number of benzene rings is 2. The molecule has 1 N–H and O–H groups in total. The van der Waals surface area contributed by atoms with Crippen molar-refractivity contribution in [3.8, 4) is 11.3 Å². The molecule has 0 spiro atoms. The fraction of sp³-hybridized carbons (Fsp3) is 0.360. The average molecular weight is 421 g/mol. The minimum absolute atomic E-state index is 0.796. The summed E-state index contributed by atoms with van der Waals surface area (Å²) in [5.41, 5.74) is 7.58. The van der Waals surface area contributed by atoms with Crippen molar-refractivity contribution in [2.45, 2.75) is 46.1 Å². The molecule has 0 bridgehead atoms. The Bertz CT molecular complexity index is 879. The number of hydrogen-bond donors (Lipinski definition) is 1. The summed E-state index contributed by atoms with van der Waals surface area (Å²) in [6.45, 7) is 7.91. The van der Waals surface area contributed by atoms with E-state index in [9.17, 15) is 0 Å². The molecule has 0 aliphatic rings. The Morgan fingerprint density at radius 1 is 0.967 bits per heavy atom. The van der Waals surface area contributed by atoms with Gasteiger partial charge in [-0.1, -0.05) is 81.3 Å². The van der Waals surface area contributed by atoms with E-state index in [0.29, 0.717) is 0 Å². The molecule has 0 amide bonds. The van der Waals surface area contributed by atoms with E-state index in [0.717, 1.165) is 28.5 Å². The number of thiazole rings is 1. The van der Waals surface area contributed by atoms with E-state index in [-0.39, 0.29) is 0 Å². The lowest BCUT2D eigenvalue weighted by molar-refractivity contribution is 0.257. The third-order valence-electron chi connectivity index (χ3n) is 4.99. The van der Waals surface area contributed by atoms with Gasteiger partial charge in [-0.3, -0.25) is 10.3 Å². The van der Waals surface area contributed by atoms with Crippen molar-refractivity contribution in [2.75, 3.05) is 18.5 Å². The van der Waals surface area contributed by atoms with Gasteiger partial charge in [0.25, 0.3) is 0 Å². The van der Waals surface area contributed by atoms with Crippen LogP contribution in [0.4, 0.5) is 5.13 Å². The summed E-state index contributed by atoms with van der Waals surface area (Å²) in [6, 6.07) is 18.9. The summed E-state index contributed by atoms with van der Waals surface area (Å²) >= 11 is 1.56. The minimum atomic E-state index is 0.796. The number of nitrogens with one attached hydrogen (secondary N) is 1. The van der Waals surface area contributed by atoms with Crippen molar-refractivity contribution >= 4 is 22.7 Å². The van der Waals surface area contributed by atoms with Crippen LogP contribution >= 0.6 is 11.3 Å². The van der Waals surface area contributed by atoms with Gasteiger partial charge in [-0.2, -0.15) is 5.10 Å². The molecule has 158 valence electrons. The molecule has 1 aromatic heterocycles. The summed E-state index contributed by atoms with van der Waals surface area (Å²) in [7, 11) is 0. The first-order chi connectivity index (χ1) is 14.8. The molecule has 0 atom stereocenters. The number of nitrogens with zero attached hydrogens (tertiary/aromatic N) is 3. The van der Waals surface area contributed by atoms with Crippen LogP contribution in [0.3, 0.4) is 0 Å². The number of unbranched alkanes of at least 4 members (excludes halogenated alkanes) is 2. The maximum atomic E-state index is 4.60. The van der Waals surface area contributed by atoms with E-state index in [4.69, 9.17) is 0 Å². The van der Waals surface area contributed by atoms with Crippen molar-refractivity contribution < 1.29 is 0 Å². The molecular formula is C25H32N4S. The molecule has 5 heteroatoms. The number of hydrogen-bond acceptors (Lipinski definition) is 5. The van der Waals surface area contributed by atoms with E-state index in [1.165, 1.54) is 44.3 Å². The van der Waals surface area contributed by atoms with Gasteiger partial charge in [-0.05, 0) is 37.1 Å². The smallest absolute Gasteiger partial charge is 0.203 e. The van der Waals surface area contributed by atoms with Crippen LogP contribution in [0, 0.1) is 0 Å². The predicted octanol–water partition coefficient (Wildman–Crippen LogP) is 6.66. The molecule has 2 aromatic carbocycles. The van der Waals surface area contributed by atoms with Gasteiger partial charge in [-0.15, -0.1) is 11.3 Å². The molecule has 0 fully saturated rings. The minimum Gasteiger partial charge on any atom is -0.299 e. The number of aromatic nitrogens is 1. The van der Waals surface area contributed by atoms with Crippen LogP contribution in [0.15, 0.2) is 65.1 Å². The molecule has 3 rings (SSSR count). The van der Waals surface area contributed by atoms with Crippen LogP contribution in [0.5, 0.6) is 0 Å². The van der Waals surface area contributed by atoms with Gasteiger partial charge in [0.05, 0.1) is 11.9 Å². The Morgan fingerprint density at radius 3 is 2.33 bits per heavy atom. The molecule has 0 saturated heterocycles. The van der Waals surface area contributed by atoms with Gasteiger partial charge >= 0.3 is 0 Å². The molecule has 3 aromatic rings. The van der Waals surface area contributed by atoms with E-state index in [1.807, 2.05) is 29.8 Å². The average Bonchev–Trinajstić information content (AvgIpc) is 3.26. The van der Waals surface area contributed by atoms with Crippen LogP contribution in [0.25, 0.3) is 11.3 Å². The third-order valence-corrected chi connectivity index (χ3v) is 5.74. The van der Waals surface area contributed by atoms with E-state index < -0.39 is 0 Å². The van der Waals surface area contributed by atoms with Crippen molar-refractivity contribution in [2.24, 2.45) is 5.10 Å². The second-order valence-corrected chi connectivity index (χ2v) is 8.36. The number of hydrazone groups is 1. The highest BCUT2D eigenvalue weighted by atomic mass is 32.1. The van der Waals surface area contributed by atoms with Gasteiger partial charge in [-0.25, -0.2) is 4.98 Å². The fourth-order valence-electron chi connectivity index (χ4n) is 3.23. The van der Waals surface area contributed by atoms with Gasteiger partial charge in [0, 0.05) is 17.5 Å². The lowest BCUT2D eigenvalue weighted by atomic mass is 10.1. The van der Waals surface area contributed by atoms with Crippen molar-refractivity contribution in [1.29, 1.82) is 0 Å². The van der Waals surface area contributed by atoms with Crippen LogP contribution < -0.4 is 5.43 Å². The molecule has 30 heavy (non-hydrogen) atoms. The van der Waals surface area contributed by atoms with E-state index in [2.05, 4.69) is 70.7 Å². The number of rotatable bonds is 12. The molecule has 1 heterocycles. The predicted molar refractivity (Wildman–Crippen MR) is 130 cm³/mol. The fourth-order valence-corrected chi connectivity index (χ4v) is 3.90. The Morgan fingerprint density at radius 2 is 1.67 bits per heavy atom. The Balaban J connectivity index is 1.52. The second-order valence-electron chi connectivity index (χ2n) is 7.50. The topological polar surface area (TPSA) is 40.5 Å². The third kappa shape index (κ3) is 7.08. The summed E-state index contributed by atoms with van der Waals surface area (Å²) in [6.07, 6.45) is 6.87. The highest BCUT2D eigenvalue weighted by Gasteiger charge is 2.05. The molecule has 4 nitrogen and oxygen atoms in total. The highest BCUT2D eigenvalue weighted by molar-refractivity contribution is 7.14. The van der Waals surface area contributed by atoms with Gasteiger partial charge in [0.1, 0.15) is 0 Å². The Kier molecular flexibility index (Phi) is 9.06. The van der Waals surface area contributed by atoms with E-state index in [1.54, 1.807) is 11.3 Å². The quantitative estimate of drug-likeness (QED) is 0.263. The molecule has 0 unspecified atom stereocenters. The first-order valence-electron chi connectivity index (χ1n) is 10.9. The highest BCUT2D eigenvalue weighted by Crippen LogP contribution is 2.24. The molecule has 0 radical (unpaired) electrons. The maximum Gasteiger partial charge on any atom is 0.203 e. The van der Waals surface area contributed by atoms with Crippen LogP contribution in [-0.2, 0) is 6.54 Å². The largest absolute Gasteiger partial charge is 0.299 e. The first kappa shape index (κ1) is 22.2. The lowest BCUT2D eigenvalue weighted by Gasteiger charge is -2.22. The zero-order valence-electron chi connectivity index (χ0n) is 18.1. The van der Waals surface area contributed by atoms with Crippen LogP contribution in [0.1, 0.15) is 50.7 Å². The molecule has 0 aliphatic heterocycles. The lowest BCUT2D eigenvalue weighted by Crippen LogP contribution is -2.25. The van der Waals surface area contributed by atoms with Gasteiger partial charge in [0.2, 0.25) is 5.13 Å². The van der Waals surface area contributed by atoms with Gasteiger partial charge in [0.15, 0.2) is 0 Å². The Hall–Kier alpha value is -2.50. The van der Waals surface area contributed by atoms with Crippen molar-refractivity contribution in [3.05, 3.63) is 71.1 Å². The SMILES string of the molecule is CCCCN(CCCC)Cc1ccc(C=NNc2nc(-c3ccccc3)cs2)cc1. The van der Waals surface area contributed by atoms with Crippen LogP contribution in [0.2, 0.25) is 0 Å². The summed E-state index contributed by atoms with van der Waals surface area (Å²) in [5.74, 6) is 0. The zero-order chi connectivity index (χ0) is 21.0. The standard InChI is InChI=1S/C25H32N4S/c1-3-5-16-29(17-6-4-2)19-22-14-12-21(13-15-22)18-26-28-25-27-24(20-30-25)23-10-8-7-9-11-23/h7-15,18,20H,3-6,16-17,19H2,1-2H3,(H,27,28).